The average molecular weight is 297 g/mol. The summed E-state index contributed by atoms with van der Waals surface area (Å²) >= 11 is 0. The summed E-state index contributed by atoms with van der Waals surface area (Å²) in [5.41, 5.74) is 5.39. The molecule has 0 saturated heterocycles. The predicted octanol–water partition coefficient (Wildman–Crippen LogP) is 0.531. The second-order valence-corrected chi connectivity index (χ2v) is 4.97. The van der Waals surface area contributed by atoms with Gasteiger partial charge in [-0.3, -0.25) is 9.59 Å². The first kappa shape index (κ1) is 15.4. The number of carbonyl (C=O) groups is 2. The standard InChI is InChI=1S/C14H17F2N3O2/c15-10-2-1-9(12(16)5-10)8-19(11-3-4-11)14(21)7-18-13(20)6-17/h1-2,5,11H,3-4,6-8,17H2,(H,18,20). The summed E-state index contributed by atoms with van der Waals surface area (Å²) < 4.78 is 26.5. The van der Waals surface area contributed by atoms with E-state index in [4.69, 9.17) is 5.73 Å². The van der Waals surface area contributed by atoms with Gasteiger partial charge in [-0.2, -0.15) is 0 Å². The van der Waals surface area contributed by atoms with Crippen LogP contribution in [-0.4, -0.2) is 35.8 Å². The Morgan fingerprint density at radius 1 is 1.33 bits per heavy atom. The molecule has 0 atom stereocenters. The highest BCUT2D eigenvalue weighted by atomic mass is 19.1. The zero-order valence-corrected chi connectivity index (χ0v) is 11.4. The topological polar surface area (TPSA) is 75.4 Å². The lowest BCUT2D eigenvalue weighted by atomic mass is 10.2. The molecule has 3 N–H and O–H groups in total. The van der Waals surface area contributed by atoms with Gasteiger partial charge in [-0.05, 0) is 18.9 Å². The molecule has 1 aliphatic carbocycles. The number of nitrogens with one attached hydrogen (secondary N) is 1. The smallest absolute Gasteiger partial charge is 0.242 e. The Hall–Kier alpha value is -2.02. The second-order valence-electron chi connectivity index (χ2n) is 4.97. The molecule has 1 aromatic carbocycles. The van der Waals surface area contributed by atoms with Gasteiger partial charge in [-0.1, -0.05) is 6.07 Å². The Morgan fingerprint density at radius 2 is 2.05 bits per heavy atom. The van der Waals surface area contributed by atoms with Crippen LogP contribution in [0.25, 0.3) is 0 Å². The molecular weight excluding hydrogens is 280 g/mol. The Bertz CT molecular complexity index is 547. The maximum atomic E-state index is 13.7. The van der Waals surface area contributed by atoms with Crippen molar-refractivity contribution in [3.63, 3.8) is 0 Å². The van der Waals surface area contributed by atoms with Crippen LogP contribution in [0.1, 0.15) is 18.4 Å². The molecule has 2 rings (SSSR count). The van der Waals surface area contributed by atoms with Crippen LogP contribution >= 0.6 is 0 Å². The second kappa shape index (κ2) is 6.62. The van der Waals surface area contributed by atoms with Crippen LogP contribution < -0.4 is 11.1 Å². The average Bonchev–Trinajstić information content (AvgIpc) is 3.28. The molecule has 1 fully saturated rings. The monoisotopic (exact) mass is 297 g/mol. The number of carbonyl (C=O) groups excluding carboxylic acids is 2. The summed E-state index contributed by atoms with van der Waals surface area (Å²) in [5.74, 6) is -2.06. The maximum absolute atomic E-state index is 13.7. The van der Waals surface area contributed by atoms with Gasteiger partial charge >= 0.3 is 0 Å². The summed E-state index contributed by atoms with van der Waals surface area (Å²) in [6, 6.07) is 3.33. The van der Waals surface area contributed by atoms with E-state index in [-0.39, 0.29) is 37.1 Å². The van der Waals surface area contributed by atoms with E-state index >= 15 is 0 Å². The molecule has 114 valence electrons. The van der Waals surface area contributed by atoms with E-state index in [1.807, 2.05) is 0 Å². The van der Waals surface area contributed by atoms with Crippen molar-refractivity contribution < 1.29 is 18.4 Å². The van der Waals surface area contributed by atoms with Gasteiger partial charge in [-0.15, -0.1) is 0 Å². The van der Waals surface area contributed by atoms with Crippen LogP contribution in [-0.2, 0) is 16.1 Å². The largest absolute Gasteiger partial charge is 0.346 e. The van der Waals surface area contributed by atoms with Crippen LogP contribution in [0.5, 0.6) is 0 Å². The molecule has 0 heterocycles. The van der Waals surface area contributed by atoms with E-state index < -0.39 is 17.5 Å². The molecular formula is C14H17F2N3O2. The van der Waals surface area contributed by atoms with E-state index in [0.29, 0.717) is 0 Å². The van der Waals surface area contributed by atoms with E-state index in [1.165, 1.54) is 11.0 Å². The minimum atomic E-state index is -0.681. The summed E-state index contributed by atoms with van der Waals surface area (Å²) in [5, 5.41) is 2.40. The molecule has 0 unspecified atom stereocenters. The first-order valence-electron chi connectivity index (χ1n) is 6.71. The lowest BCUT2D eigenvalue weighted by Crippen LogP contribution is -2.42. The Kier molecular flexibility index (Phi) is 4.85. The third kappa shape index (κ3) is 4.22. The van der Waals surface area contributed by atoms with Crippen molar-refractivity contribution in [3.8, 4) is 0 Å². The minimum absolute atomic E-state index is 0.0525. The number of amides is 2. The van der Waals surface area contributed by atoms with Crippen molar-refractivity contribution >= 4 is 11.8 Å². The Labute approximate surface area is 121 Å². The number of hydrogen-bond donors (Lipinski definition) is 2. The van der Waals surface area contributed by atoms with Gasteiger partial charge in [0.25, 0.3) is 0 Å². The molecule has 1 saturated carbocycles. The third-order valence-electron chi connectivity index (χ3n) is 3.29. The predicted molar refractivity (Wildman–Crippen MR) is 72.0 cm³/mol. The van der Waals surface area contributed by atoms with Gasteiger partial charge in [0.15, 0.2) is 0 Å². The zero-order chi connectivity index (χ0) is 15.4. The SMILES string of the molecule is NCC(=O)NCC(=O)N(Cc1ccc(F)cc1F)C1CC1. The van der Waals surface area contributed by atoms with Crippen LogP contribution in [0.3, 0.4) is 0 Å². The van der Waals surface area contributed by atoms with Crippen LogP contribution in [0.15, 0.2) is 18.2 Å². The van der Waals surface area contributed by atoms with Crippen LogP contribution in [0.4, 0.5) is 8.78 Å². The van der Waals surface area contributed by atoms with Crippen molar-refractivity contribution in [2.45, 2.75) is 25.4 Å². The van der Waals surface area contributed by atoms with Crippen molar-refractivity contribution in [2.24, 2.45) is 5.73 Å². The summed E-state index contributed by atoms with van der Waals surface area (Å²) in [6.07, 6.45) is 1.69. The van der Waals surface area contributed by atoms with Crippen molar-refractivity contribution in [3.05, 3.63) is 35.4 Å². The van der Waals surface area contributed by atoms with Crippen molar-refractivity contribution in [1.29, 1.82) is 0 Å². The number of rotatable bonds is 6. The van der Waals surface area contributed by atoms with E-state index in [9.17, 15) is 18.4 Å². The zero-order valence-electron chi connectivity index (χ0n) is 11.4. The maximum Gasteiger partial charge on any atom is 0.242 e. The molecule has 0 aliphatic heterocycles. The number of halogens is 2. The van der Waals surface area contributed by atoms with Crippen molar-refractivity contribution in [1.82, 2.24) is 10.2 Å². The highest BCUT2D eigenvalue weighted by Gasteiger charge is 2.32. The Balaban J connectivity index is 2.02. The fourth-order valence-electron chi connectivity index (χ4n) is 1.99. The van der Waals surface area contributed by atoms with Gasteiger partial charge in [0, 0.05) is 24.2 Å². The first-order valence-corrected chi connectivity index (χ1v) is 6.71. The van der Waals surface area contributed by atoms with E-state index in [0.717, 1.165) is 25.0 Å². The molecule has 1 aliphatic rings. The highest BCUT2D eigenvalue weighted by molar-refractivity contribution is 5.85. The van der Waals surface area contributed by atoms with E-state index in [1.54, 1.807) is 0 Å². The fraction of sp³-hybridized carbons (Fsp3) is 0.429. The van der Waals surface area contributed by atoms with Gasteiger partial charge in [-0.25, -0.2) is 8.78 Å². The summed E-state index contributed by atoms with van der Waals surface area (Å²) in [6.45, 7) is -0.299. The summed E-state index contributed by atoms with van der Waals surface area (Å²) in [7, 11) is 0. The molecule has 0 radical (unpaired) electrons. The van der Waals surface area contributed by atoms with Crippen LogP contribution in [0, 0.1) is 11.6 Å². The molecule has 0 spiro atoms. The number of nitrogens with two attached hydrogens (primary N) is 1. The lowest BCUT2D eigenvalue weighted by Gasteiger charge is -2.23. The first-order chi connectivity index (χ1) is 10.0. The number of nitrogens with zero attached hydrogens (tertiary/aromatic N) is 1. The fourth-order valence-corrected chi connectivity index (χ4v) is 1.99. The number of hydrogen-bond acceptors (Lipinski definition) is 3. The molecule has 1 aromatic rings. The molecule has 0 bridgehead atoms. The van der Waals surface area contributed by atoms with Gasteiger partial charge in [0.1, 0.15) is 11.6 Å². The van der Waals surface area contributed by atoms with Crippen molar-refractivity contribution in [2.75, 3.05) is 13.1 Å². The third-order valence-corrected chi connectivity index (χ3v) is 3.29. The molecule has 7 heteroatoms. The molecule has 21 heavy (non-hydrogen) atoms. The minimum Gasteiger partial charge on any atom is -0.346 e. The van der Waals surface area contributed by atoms with Crippen LogP contribution in [0.2, 0.25) is 0 Å². The van der Waals surface area contributed by atoms with E-state index in [2.05, 4.69) is 5.32 Å². The highest BCUT2D eigenvalue weighted by Crippen LogP contribution is 2.28. The Morgan fingerprint density at radius 3 is 2.62 bits per heavy atom. The number of benzene rings is 1. The molecule has 2 amide bonds. The normalized spacial score (nSPS) is 13.9. The summed E-state index contributed by atoms with van der Waals surface area (Å²) in [4.78, 5) is 24.7. The van der Waals surface area contributed by atoms with Gasteiger partial charge < -0.3 is 16.0 Å². The molecule has 5 nitrogen and oxygen atoms in total. The van der Waals surface area contributed by atoms with Gasteiger partial charge in [0.05, 0.1) is 13.1 Å². The van der Waals surface area contributed by atoms with Gasteiger partial charge in [0.2, 0.25) is 11.8 Å². The quantitative estimate of drug-likeness (QED) is 0.804. The lowest BCUT2D eigenvalue weighted by molar-refractivity contribution is -0.133. The molecule has 0 aromatic heterocycles.